The second-order valence-electron chi connectivity index (χ2n) is 3.91. The van der Waals surface area contributed by atoms with Crippen molar-refractivity contribution in [3.05, 3.63) is 0 Å². The Labute approximate surface area is 93.9 Å². The molecule has 0 saturated heterocycles. The Morgan fingerprint density at radius 2 is 1.93 bits per heavy atom. The molecule has 0 bridgehead atoms. The molecule has 5 nitrogen and oxygen atoms in total. The van der Waals surface area contributed by atoms with Crippen molar-refractivity contribution >= 4 is 17.7 Å². The molecule has 1 heterocycles. The van der Waals surface area contributed by atoms with Gasteiger partial charge in [0.05, 0.1) is 6.61 Å². The molecule has 0 aliphatic carbocycles. The maximum Gasteiger partial charge on any atom is 0.322 e. The van der Waals surface area contributed by atoms with E-state index in [0.29, 0.717) is 11.8 Å². The first-order chi connectivity index (χ1) is 6.90. The van der Waals surface area contributed by atoms with Gasteiger partial charge in [-0.15, -0.1) is 0 Å². The Hall–Kier alpha value is -1.04. The van der Waals surface area contributed by atoms with Crippen molar-refractivity contribution in [3.63, 3.8) is 0 Å². The molecule has 1 rings (SSSR count). The summed E-state index contributed by atoms with van der Waals surface area (Å²) >= 11 is 1.53. The monoisotopic (exact) mass is 228 g/mol. The van der Waals surface area contributed by atoms with E-state index in [4.69, 9.17) is 10.5 Å². The minimum absolute atomic E-state index is 0.0390. The van der Waals surface area contributed by atoms with Crippen molar-refractivity contribution in [2.45, 2.75) is 37.6 Å². The summed E-state index contributed by atoms with van der Waals surface area (Å²) in [6.45, 7) is 8.63. The molecule has 1 aromatic heterocycles. The van der Waals surface area contributed by atoms with Gasteiger partial charge in [0.15, 0.2) is 5.16 Å². The van der Waals surface area contributed by atoms with Gasteiger partial charge in [0, 0.05) is 4.75 Å². The summed E-state index contributed by atoms with van der Waals surface area (Å²) in [6.07, 6.45) is 0. The van der Waals surface area contributed by atoms with Crippen LogP contribution in [0.2, 0.25) is 0 Å². The summed E-state index contributed by atoms with van der Waals surface area (Å²) < 4.78 is 5.23. The van der Waals surface area contributed by atoms with Crippen LogP contribution in [0.3, 0.4) is 0 Å². The molecule has 15 heavy (non-hydrogen) atoms. The molecular formula is C9H16N4OS. The maximum atomic E-state index is 5.55. The first kappa shape index (κ1) is 12.0. The number of hydrogen-bond donors (Lipinski definition) is 1. The largest absolute Gasteiger partial charge is 0.464 e. The second kappa shape index (κ2) is 4.65. The van der Waals surface area contributed by atoms with Gasteiger partial charge in [-0.3, -0.25) is 0 Å². The summed E-state index contributed by atoms with van der Waals surface area (Å²) in [4.78, 5) is 12.1. The Morgan fingerprint density at radius 3 is 2.47 bits per heavy atom. The Kier molecular flexibility index (Phi) is 3.73. The molecule has 0 unspecified atom stereocenters. The fourth-order valence-corrected chi connectivity index (χ4v) is 1.68. The lowest BCUT2D eigenvalue weighted by Gasteiger charge is -2.15. The van der Waals surface area contributed by atoms with E-state index in [-0.39, 0.29) is 16.7 Å². The van der Waals surface area contributed by atoms with E-state index in [1.807, 2.05) is 6.92 Å². The van der Waals surface area contributed by atoms with Crippen molar-refractivity contribution in [2.75, 3.05) is 12.3 Å². The fourth-order valence-electron chi connectivity index (χ4n) is 0.866. The number of nitrogens with zero attached hydrogens (tertiary/aromatic N) is 3. The van der Waals surface area contributed by atoms with E-state index in [1.54, 1.807) is 0 Å². The third-order valence-corrected chi connectivity index (χ3v) is 2.26. The minimum atomic E-state index is 0.0390. The van der Waals surface area contributed by atoms with Crippen LogP contribution in [-0.2, 0) is 0 Å². The summed E-state index contributed by atoms with van der Waals surface area (Å²) in [5.41, 5.74) is 5.55. The standard InChI is InChI=1S/C9H16N4OS/c1-5-14-7-11-6(10)12-8(13-7)15-9(2,3)4/h5H2,1-4H3,(H2,10,11,12,13). The lowest BCUT2D eigenvalue weighted by atomic mass is 10.3. The van der Waals surface area contributed by atoms with Crippen molar-refractivity contribution in [3.8, 4) is 6.01 Å². The SMILES string of the molecule is CCOc1nc(N)nc(SC(C)(C)C)n1. The number of rotatable bonds is 3. The summed E-state index contributed by atoms with van der Waals surface area (Å²) in [7, 11) is 0. The molecule has 0 aliphatic rings. The van der Waals surface area contributed by atoms with Crippen LogP contribution in [0.15, 0.2) is 5.16 Å². The van der Waals surface area contributed by atoms with Gasteiger partial charge in [-0.2, -0.15) is 15.0 Å². The minimum Gasteiger partial charge on any atom is -0.464 e. The van der Waals surface area contributed by atoms with Gasteiger partial charge in [0.2, 0.25) is 5.95 Å². The number of anilines is 1. The maximum absolute atomic E-state index is 5.55. The van der Waals surface area contributed by atoms with Crippen LogP contribution < -0.4 is 10.5 Å². The molecule has 0 saturated carbocycles. The third-order valence-electron chi connectivity index (χ3n) is 1.28. The molecule has 0 radical (unpaired) electrons. The number of nitrogens with two attached hydrogens (primary N) is 1. The number of ether oxygens (including phenoxy) is 1. The number of thioether (sulfide) groups is 1. The predicted molar refractivity (Wildman–Crippen MR) is 61.0 cm³/mol. The van der Waals surface area contributed by atoms with Crippen molar-refractivity contribution < 1.29 is 4.74 Å². The second-order valence-corrected chi connectivity index (χ2v) is 5.70. The van der Waals surface area contributed by atoms with Gasteiger partial charge in [-0.1, -0.05) is 32.5 Å². The normalized spacial score (nSPS) is 11.5. The van der Waals surface area contributed by atoms with Gasteiger partial charge < -0.3 is 10.5 Å². The lowest BCUT2D eigenvalue weighted by Crippen LogP contribution is -2.10. The van der Waals surface area contributed by atoms with Crippen molar-refractivity contribution in [1.29, 1.82) is 0 Å². The Bertz CT molecular complexity index is 337. The molecule has 0 aliphatic heterocycles. The molecule has 0 amide bonds. The molecule has 2 N–H and O–H groups in total. The summed E-state index contributed by atoms with van der Waals surface area (Å²) in [5, 5.41) is 0.596. The van der Waals surface area contributed by atoms with Crippen LogP contribution in [0, 0.1) is 0 Å². The molecule has 0 atom stereocenters. The van der Waals surface area contributed by atoms with Crippen LogP contribution >= 0.6 is 11.8 Å². The van der Waals surface area contributed by atoms with E-state index >= 15 is 0 Å². The Balaban J connectivity index is 2.88. The zero-order valence-electron chi connectivity index (χ0n) is 9.44. The molecule has 0 aromatic carbocycles. The molecule has 0 fully saturated rings. The number of hydrogen-bond acceptors (Lipinski definition) is 6. The van der Waals surface area contributed by atoms with Crippen LogP contribution in [-0.4, -0.2) is 26.3 Å². The topological polar surface area (TPSA) is 73.9 Å². The Morgan fingerprint density at radius 1 is 1.27 bits per heavy atom. The summed E-state index contributed by atoms with van der Waals surface area (Å²) in [5.74, 6) is 0.195. The lowest BCUT2D eigenvalue weighted by molar-refractivity contribution is 0.308. The fraction of sp³-hybridized carbons (Fsp3) is 0.667. The van der Waals surface area contributed by atoms with E-state index in [9.17, 15) is 0 Å². The average molecular weight is 228 g/mol. The predicted octanol–water partition coefficient (Wildman–Crippen LogP) is 1.74. The van der Waals surface area contributed by atoms with E-state index in [0.717, 1.165) is 0 Å². The quantitative estimate of drug-likeness (QED) is 0.794. The van der Waals surface area contributed by atoms with Crippen LogP contribution in [0.25, 0.3) is 0 Å². The molecular weight excluding hydrogens is 212 g/mol. The highest BCUT2D eigenvalue weighted by Crippen LogP contribution is 2.29. The smallest absolute Gasteiger partial charge is 0.322 e. The highest BCUT2D eigenvalue weighted by Gasteiger charge is 2.16. The highest BCUT2D eigenvalue weighted by atomic mass is 32.2. The van der Waals surface area contributed by atoms with Crippen LogP contribution in [0.1, 0.15) is 27.7 Å². The van der Waals surface area contributed by atoms with Crippen LogP contribution in [0.4, 0.5) is 5.95 Å². The molecule has 6 heteroatoms. The molecule has 84 valence electrons. The first-order valence-corrected chi connectivity index (χ1v) is 5.55. The highest BCUT2D eigenvalue weighted by molar-refractivity contribution is 8.00. The number of nitrogen functional groups attached to an aromatic ring is 1. The van der Waals surface area contributed by atoms with E-state index < -0.39 is 0 Å². The zero-order chi connectivity index (χ0) is 11.5. The van der Waals surface area contributed by atoms with E-state index in [1.165, 1.54) is 11.8 Å². The van der Waals surface area contributed by atoms with E-state index in [2.05, 4.69) is 35.7 Å². The van der Waals surface area contributed by atoms with Gasteiger partial charge in [-0.05, 0) is 6.92 Å². The van der Waals surface area contributed by atoms with Gasteiger partial charge in [0.1, 0.15) is 0 Å². The van der Waals surface area contributed by atoms with Gasteiger partial charge >= 0.3 is 6.01 Å². The van der Waals surface area contributed by atoms with Gasteiger partial charge in [-0.25, -0.2) is 0 Å². The summed E-state index contributed by atoms with van der Waals surface area (Å²) in [6, 6.07) is 0.289. The zero-order valence-corrected chi connectivity index (χ0v) is 10.3. The van der Waals surface area contributed by atoms with Crippen LogP contribution in [0.5, 0.6) is 6.01 Å². The van der Waals surface area contributed by atoms with Crippen molar-refractivity contribution in [1.82, 2.24) is 15.0 Å². The molecule has 0 spiro atoms. The van der Waals surface area contributed by atoms with Gasteiger partial charge in [0.25, 0.3) is 0 Å². The molecule has 1 aromatic rings. The van der Waals surface area contributed by atoms with Crippen molar-refractivity contribution in [2.24, 2.45) is 0 Å². The first-order valence-electron chi connectivity index (χ1n) is 4.74. The third kappa shape index (κ3) is 4.33. The number of aromatic nitrogens is 3. The average Bonchev–Trinajstić information content (AvgIpc) is 1.99.